The molecule has 0 bridgehead atoms. The summed E-state index contributed by atoms with van der Waals surface area (Å²) in [6.07, 6.45) is -0.0459. The number of hydrogen-bond acceptors (Lipinski definition) is 4. The molecule has 2 N–H and O–H groups in total. The molecule has 16 heavy (non-hydrogen) atoms. The second-order valence-corrected chi connectivity index (χ2v) is 4.25. The highest BCUT2D eigenvalue weighted by atomic mass is 19.3. The van der Waals surface area contributed by atoms with Gasteiger partial charge in [0.05, 0.1) is 12.6 Å². The molecule has 4 nitrogen and oxygen atoms in total. The van der Waals surface area contributed by atoms with E-state index >= 15 is 0 Å². The van der Waals surface area contributed by atoms with Crippen LogP contribution in [0.25, 0.3) is 0 Å². The van der Waals surface area contributed by atoms with Gasteiger partial charge in [-0.05, 0) is 18.0 Å². The molecule has 1 fully saturated rings. The number of rotatable bonds is 2. The maximum Gasteiger partial charge on any atom is 0.254 e. The second-order valence-electron chi connectivity index (χ2n) is 4.25. The van der Waals surface area contributed by atoms with Crippen LogP contribution < -0.4 is 10.5 Å². The molecule has 0 aliphatic heterocycles. The van der Waals surface area contributed by atoms with E-state index in [0.29, 0.717) is 11.6 Å². The topological polar surface area (TPSA) is 61.3 Å². The van der Waals surface area contributed by atoms with Crippen LogP contribution in [0.5, 0.6) is 5.88 Å². The van der Waals surface area contributed by atoms with Crippen molar-refractivity contribution in [2.45, 2.75) is 37.1 Å². The lowest BCUT2D eigenvalue weighted by Crippen LogP contribution is -2.43. The van der Waals surface area contributed by atoms with Crippen LogP contribution in [0.1, 0.15) is 31.4 Å². The first-order chi connectivity index (χ1) is 7.45. The van der Waals surface area contributed by atoms with Crippen LogP contribution in [0.4, 0.5) is 8.78 Å². The van der Waals surface area contributed by atoms with Gasteiger partial charge in [0, 0.05) is 18.9 Å². The average Bonchev–Trinajstić information content (AvgIpc) is 2.72. The highest BCUT2D eigenvalue weighted by Gasteiger charge is 2.44. The smallest absolute Gasteiger partial charge is 0.254 e. The molecule has 1 aliphatic rings. The zero-order chi connectivity index (χ0) is 11.8. The van der Waals surface area contributed by atoms with Crippen LogP contribution in [-0.2, 0) is 5.54 Å². The van der Waals surface area contributed by atoms with Crippen molar-refractivity contribution < 1.29 is 18.0 Å². The van der Waals surface area contributed by atoms with Gasteiger partial charge in [0.25, 0.3) is 5.88 Å². The molecule has 2 rings (SSSR count). The number of ether oxygens (including phenoxy) is 1. The zero-order valence-corrected chi connectivity index (χ0v) is 9.00. The van der Waals surface area contributed by atoms with Gasteiger partial charge in [-0.15, -0.1) is 0 Å². The summed E-state index contributed by atoms with van der Waals surface area (Å²) in [5.41, 5.74) is 5.21. The monoisotopic (exact) mass is 232 g/mol. The number of methoxy groups -OCH3 is 1. The third kappa shape index (κ3) is 2.02. The normalized spacial score (nSPS) is 23.0. The molecule has 0 atom stereocenters. The predicted molar refractivity (Wildman–Crippen MR) is 52.3 cm³/mol. The van der Waals surface area contributed by atoms with E-state index in [4.69, 9.17) is 15.0 Å². The molecule has 0 unspecified atom stereocenters. The van der Waals surface area contributed by atoms with E-state index < -0.39 is 11.5 Å². The lowest BCUT2D eigenvalue weighted by atomic mass is 9.79. The lowest BCUT2D eigenvalue weighted by molar-refractivity contribution is -0.0544. The Balaban J connectivity index is 2.14. The Labute approximate surface area is 91.7 Å². The van der Waals surface area contributed by atoms with Crippen molar-refractivity contribution in [3.63, 3.8) is 0 Å². The van der Waals surface area contributed by atoms with Gasteiger partial charge in [0.15, 0.2) is 5.76 Å². The van der Waals surface area contributed by atoms with Gasteiger partial charge >= 0.3 is 0 Å². The average molecular weight is 232 g/mol. The van der Waals surface area contributed by atoms with Gasteiger partial charge in [-0.2, -0.15) is 0 Å². The minimum atomic E-state index is -2.60. The van der Waals surface area contributed by atoms with Crippen molar-refractivity contribution in [2.24, 2.45) is 5.73 Å². The Bertz CT molecular complexity index is 369. The first kappa shape index (κ1) is 11.3. The summed E-state index contributed by atoms with van der Waals surface area (Å²) < 4.78 is 35.9. The fraction of sp³-hybridized carbons (Fsp3) is 0.700. The molecule has 0 aromatic carbocycles. The van der Waals surface area contributed by atoms with Gasteiger partial charge < -0.3 is 15.0 Å². The van der Waals surface area contributed by atoms with E-state index in [1.54, 1.807) is 6.07 Å². The molecule has 0 saturated heterocycles. The third-order valence-electron chi connectivity index (χ3n) is 3.06. The van der Waals surface area contributed by atoms with Crippen LogP contribution in [0, 0.1) is 0 Å². The quantitative estimate of drug-likeness (QED) is 0.847. The van der Waals surface area contributed by atoms with Crippen LogP contribution in [-0.4, -0.2) is 18.2 Å². The van der Waals surface area contributed by atoms with Crippen LogP contribution >= 0.6 is 0 Å². The van der Waals surface area contributed by atoms with Crippen molar-refractivity contribution in [1.29, 1.82) is 0 Å². The Morgan fingerprint density at radius 1 is 1.38 bits per heavy atom. The number of hydrogen-bond donors (Lipinski definition) is 1. The first-order valence-electron chi connectivity index (χ1n) is 5.13. The number of nitrogens with zero attached hydrogens (tertiary/aromatic N) is 1. The predicted octanol–water partition coefficient (Wildman–Crippen LogP) is 2.05. The van der Waals surface area contributed by atoms with E-state index in [9.17, 15) is 8.78 Å². The summed E-state index contributed by atoms with van der Waals surface area (Å²) in [7, 11) is 1.46. The summed E-state index contributed by atoms with van der Waals surface area (Å²) in [4.78, 5) is 0. The fourth-order valence-corrected chi connectivity index (χ4v) is 1.90. The van der Waals surface area contributed by atoms with Crippen molar-refractivity contribution in [3.8, 4) is 5.88 Å². The standard InChI is InChI=1S/C10H14F2N2O2/c1-15-8-6-7(16-14-8)9(13)2-4-10(11,12)5-3-9/h6H,2-5,13H2,1H3. The largest absolute Gasteiger partial charge is 0.479 e. The molecule has 0 amide bonds. The summed E-state index contributed by atoms with van der Waals surface area (Å²) in [5, 5.41) is 3.63. The Hall–Kier alpha value is -1.17. The van der Waals surface area contributed by atoms with E-state index in [2.05, 4.69) is 5.16 Å². The first-order valence-corrected chi connectivity index (χ1v) is 5.13. The molecule has 0 radical (unpaired) electrons. The van der Waals surface area contributed by atoms with E-state index in [1.165, 1.54) is 7.11 Å². The Kier molecular flexibility index (Phi) is 2.61. The van der Waals surface area contributed by atoms with Crippen LogP contribution in [0.15, 0.2) is 10.6 Å². The van der Waals surface area contributed by atoms with Crippen molar-refractivity contribution in [3.05, 3.63) is 11.8 Å². The summed E-state index contributed by atoms with van der Waals surface area (Å²) in [5.74, 6) is -1.87. The molecule has 1 heterocycles. The third-order valence-corrected chi connectivity index (χ3v) is 3.06. The number of halogens is 2. The minimum absolute atomic E-state index is 0.193. The second kappa shape index (κ2) is 3.69. The summed E-state index contributed by atoms with van der Waals surface area (Å²) >= 11 is 0. The lowest BCUT2D eigenvalue weighted by Gasteiger charge is -2.34. The highest BCUT2D eigenvalue weighted by molar-refractivity contribution is 5.19. The molecule has 1 aromatic heterocycles. The van der Waals surface area contributed by atoms with Gasteiger partial charge in [0.2, 0.25) is 5.92 Å². The molecule has 90 valence electrons. The molecule has 1 aromatic rings. The maximum absolute atomic E-state index is 13.0. The number of aromatic nitrogens is 1. The summed E-state index contributed by atoms with van der Waals surface area (Å²) in [6, 6.07) is 1.56. The number of nitrogens with two attached hydrogens (primary N) is 1. The van der Waals surface area contributed by atoms with Crippen LogP contribution in [0.2, 0.25) is 0 Å². The SMILES string of the molecule is COc1cc(C2(N)CCC(F)(F)CC2)on1. The summed E-state index contributed by atoms with van der Waals surface area (Å²) in [6.45, 7) is 0. The van der Waals surface area contributed by atoms with Gasteiger partial charge in [0.1, 0.15) is 0 Å². The fourth-order valence-electron chi connectivity index (χ4n) is 1.90. The van der Waals surface area contributed by atoms with Crippen LogP contribution in [0.3, 0.4) is 0 Å². The van der Waals surface area contributed by atoms with E-state index in [-0.39, 0.29) is 25.7 Å². The number of alkyl halides is 2. The zero-order valence-electron chi connectivity index (χ0n) is 9.00. The van der Waals surface area contributed by atoms with Crippen molar-refractivity contribution in [2.75, 3.05) is 7.11 Å². The van der Waals surface area contributed by atoms with E-state index in [0.717, 1.165) is 0 Å². The molecule has 6 heteroatoms. The maximum atomic E-state index is 13.0. The Morgan fingerprint density at radius 2 is 2.00 bits per heavy atom. The Morgan fingerprint density at radius 3 is 2.50 bits per heavy atom. The van der Waals surface area contributed by atoms with Crippen molar-refractivity contribution in [1.82, 2.24) is 5.16 Å². The highest BCUT2D eigenvalue weighted by Crippen LogP contribution is 2.42. The molecule has 0 spiro atoms. The van der Waals surface area contributed by atoms with Crippen molar-refractivity contribution >= 4 is 0 Å². The molecular formula is C10H14F2N2O2. The molecule has 1 aliphatic carbocycles. The van der Waals surface area contributed by atoms with Gasteiger partial charge in [-0.3, -0.25) is 0 Å². The van der Waals surface area contributed by atoms with Gasteiger partial charge in [-0.1, -0.05) is 0 Å². The van der Waals surface area contributed by atoms with Gasteiger partial charge in [-0.25, -0.2) is 8.78 Å². The van der Waals surface area contributed by atoms with E-state index in [1.807, 2.05) is 0 Å². The minimum Gasteiger partial charge on any atom is -0.479 e. The molecule has 1 saturated carbocycles. The molecular weight excluding hydrogens is 218 g/mol.